The van der Waals surface area contributed by atoms with E-state index in [9.17, 15) is 0 Å². The molecule has 0 aromatic carbocycles. The van der Waals surface area contributed by atoms with E-state index in [1.165, 1.54) is 19.1 Å². The molecule has 0 bridgehead atoms. The predicted octanol–water partition coefficient (Wildman–Crippen LogP) is 2.84. The minimum absolute atomic E-state index is 1.11. The summed E-state index contributed by atoms with van der Waals surface area (Å²) in [5, 5.41) is 2.22. The SMILES string of the molecule is BrCCCBr.c1cocn1. The summed E-state index contributed by atoms with van der Waals surface area (Å²) < 4.78 is 4.47. The van der Waals surface area contributed by atoms with Gasteiger partial charge in [-0.3, -0.25) is 0 Å². The van der Waals surface area contributed by atoms with Crippen molar-refractivity contribution in [1.29, 1.82) is 0 Å². The summed E-state index contributed by atoms with van der Waals surface area (Å²) in [5.74, 6) is 0. The van der Waals surface area contributed by atoms with Crippen LogP contribution in [0.4, 0.5) is 0 Å². The van der Waals surface area contributed by atoms with Gasteiger partial charge >= 0.3 is 0 Å². The zero-order chi connectivity index (χ0) is 7.66. The van der Waals surface area contributed by atoms with E-state index in [1.54, 1.807) is 6.20 Å². The highest BCUT2D eigenvalue weighted by Crippen LogP contribution is 1.90. The van der Waals surface area contributed by atoms with E-state index in [-0.39, 0.29) is 0 Å². The maximum Gasteiger partial charge on any atom is 0.180 e. The molecule has 10 heavy (non-hydrogen) atoms. The first-order valence-electron chi connectivity index (χ1n) is 2.86. The first-order chi connectivity index (χ1) is 4.91. The molecule has 0 atom stereocenters. The molecule has 0 N–H and O–H groups in total. The molecule has 0 saturated heterocycles. The smallest absolute Gasteiger partial charge is 0.180 e. The van der Waals surface area contributed by atoms with Crippen molar-refractivity contribution in [3.63, 3.8) is 0 Å². The van der Waals surface area contributed by atoms with Gasteiger partial charge in [0.25, 0.3) is 0 Å². The highest BCUT2D eigenvalue weighted by Gasteiger charge is 1.71. The molecule has 0 amide bonds. The lowest BCUT2D eigenvalue weighted by Crippen LogP contribution is -1.69. The fourth-order valence-electron chi connectivity index (χ4n) is 0.226. The average Bonchev–Trinajstić information content (AvgIpc) is 2.44. The number of rotatable bonds is 2. The molecule has 0 radical (unpaired) electrons. The van der Waals surface area contributed by atoms with Gasteiger partial charge in [0, 0.05) is 10.7 Å². The van der Waals surface area contributed by atoms with E-state index >= 15 is 0 Å². The van der Waals surface area contributed by atoms with Crippen molar-refractivity contribution >= 4 is 31.9 Å². The van der Waals surface area contributed by atoms with Crippen LogP contribution in [0.25, 0.3) is 0 Å². The Bertz CT molecular complexity index is 102. The molecular formula is C6H9Br2NO. The van der Waals surface area contributed by atoms with Gasteiger partial charge in [0.2, 0.25) is 0 Å². The Morgan fingerprint density at radius 2 is 2.00 bits per heavy atom. The highest BCUT2D eigenvalue weighted by molar-refractivity contribution is 9.09. The molecule has 0 aliphatic heterocycles. The van der Waals surface area contributed by atoms with Crippen molar-refractivity contribution in [3.8, 4) is 0 Å². The Morgan fingerprint density at radius 1 is 1.30 bits per heavy atom. The van der Waals surface area contributed by atoms with Crippen LogP contribution in [0.5, 0.6) is 0 Å². The van der Waals surface area contributed by atoms with Crippen molar-refractivity contribution in [2.24, 2.45) is 0 Å². The molecule has 1 aromatic heterocycles. The van der Waals surface area contributed by atoms with E-state index in [1.807, 2.05) is 0 Å². The Morgan fingerprint density at radius 3 is 2.10 bits per heavy atom. The van der Waals surface area contributed by atoms with Gasteiger partial charge in [0.05, 0.1) is 6.20 Å². The first kappa shape index (κ1) is 10.2. The van der Waals surface area contributed by atoms with E-state index in [2.05, 4.69) is 41.3 Å². The first-order valence-corrected chi connectivity index (χ1v) is 5.10. The van der Waals surface area contributed by atoms with Crippen molar-refractivity contribution < 1.29 is 4.42 Å². The minimum Gasteiger partial charge on any atom is -0.452 e. The van der Waals surface area contributed by atoms with Crippen molar-refractivity contribution in [2.45, 2.75) is 6.42 Å². The molecule has 1 rings (SSSR count). The highest BCUT2D eigenvalue weighted by atomic mass is 79.9. The molecule has 4 heteroatoms. The molecule has 0 spiro atoms. The number of alkyl halides is 2. The second-order valence-electron chi connectivity index (χ2n) is 1.41. The summed E-state index contributed by atoms with van der Waals surface area (Å²) in [6.45, 7) is 0. The quantitative estimate of drug-likeness (QED) is 0.773. The minimum atomic E-state index is 1.11. The van der Waals surface area contributed by atoms with Crippen molar-refractivity contribution in [1.82, 2.24) is 4.98 Å². The molecule has 0 aliphatic rings. The third-order valence-corrected chi connectivity index (χ3v) is 1.74. The lowest BCUT2D eigenvalue weighted by atomic mass is 10.6. The van der Waals surface area contributed by atoms with E-state index in [0.717, 1.165) is 10.7 Å². The van der Waals surface area contributed by atoms with Crippen molar-refractivity contribution in [3.05, 3.63) is 18.9 Å². The second-order valence-corrected chi connectivity index (χ2v) is 2.99. The van der Waals surface area contributed by atoms with Gasteiger partial charge in [-0.05, 0) is 6.42 Å². The molecule has 0 saturated carbocycles. The van der Waals surface area contributed by atoms with Gasteiger partial charge in [-0.25, -0.2) is 4.98 Å². The predicted molar refractivity (Wildman–Crippen MR) is 48.7 cm³/mol. The van der Waals surface area contributed by atoms with Crippen LogP contribution >= 0.6 is 31.9 Å². The topological polar surface area (TPSA) is 26.0 Å². The summed E-state index contributed by atoms with van der Waals surface area (Å²) in [5.41, 5.74) is 0. The largest absolute Gasteiger partial charge is 0.452 e. The van der Waals surface area contributed by atoms with Gasteiger partial charge in [-0.15, -0.1) is 0 Å². The Labute approximate surface area is 77.3 Å². The lowest BCUT2D eigenvalue weighted by Gasteiger charge is -1.76. The van der Waals surface area contributed by atoms with E-state index in [0.29, 0.717) is 0 Å². The molecule has 58 valence electrons. The van der Waals surface area contributed by atoms with Gasteiger partial charge < -0.3 is 4.42 Å². The molecule has 0 unspecified atom stereocenters. The Balaban J connectivity index is 0.000000162. The zero-order valence-electron chi connectivity index (χ0n) is 5.46. The number of oxazole rings is 1. The fourth-order valence-corrected chi connectivity index (χ4v) is 1.54. The molecule has 1 aromatic rings. The summed E-state index contributed by atoms with van der Waals surface area (Å²) in [6.07, 6.45) is 5.69. The van der Waals surface area contributed by atoms with Crippen LogP contribution in [0.3, 0.4) is 0 Å². The van der Waals surface area contributed by atoms with Crippen LogP contribution in [0, 0.1) is 0 Å². The Hall–Kier alpha value is 0.170. The lowest BCUT2D eigenvalue weighted by molar-refractivity contribution is 0.558. The molecule has 1 heterocycles. The maximum atomic E-state index is 4.47. The van der Waals surface area contributed by atoms with Crippen LogP contribution in [0.15, 0.2) is 23.3 Å². The fraction of sp³-hybridized carbons (Fsp3) is 0.500. The van der Waals surface area contributed by atoms with Crippen LogP contribution in [-0.2, 0) is 0 Å². The monoisotopic (exact) mass is 269 g/mol. The number of aromatic nitrogens is 1. The van der Waals surface area contributed by atoms with Crippen LogP contribution in [0.1, 0.15) is 6.42 Å². The third-order valence-electron chi connectivity index (χ3n) is 0.614. The summed E-state index contributed by atoms with van der Waals surface area (Å²) in [6, 6.07) is 0. The number of halogens is 2. The van der Waals surface area contributed by atoms with Crippen LogP contribution < -0.4 is 0 Å². The summed E-state index contributed by atoms with van der Waals surface area (Å²) in [4.78, 5) is 3.56. The summed E-state index contributed by atoms with van der Waals surface area (Å²) in [7, 11) is 0. The molecule has 2 nitrogen and oxygen atoms in total. The van der Waals surface area contributed by atoms with Gasteiger partial charge in [0.1, 0.15) is 6.26 Å². The van der Waals surface area contributed by atoms with Gasteiger partial charge in [-0.2, -0.15) is 0 Å². The van der Waals surface area contributed by atoms with Crippen LogP contribution in [0.2, 0.25) is 0 Å². The maximum absolute atomic E-state index is 4.47. The number of nitrogens with zero attached hydrogens (tertiary/aromatic N) is 1. The normalized spacial score (nSPS) is 8.20. The van der Waals surface area contributed by atoms with Crippen LogP contribution in [-0.4, -0.2) is 15.6 Å². The zero-order valence-corrected chi connectivity index (χ0v) is 8.64. The number of hydrogen-bond donors (Lipinski definition) is 0. The standard InChI is InChI=1S/C3H6Br2.C3H3NO/c4-2-1-3-5;1-2-5-3-4-1/h1-3H2;1-3H. The van der Waals surface area contributed by atoms with E-state index in [4.69, 9.17) is 0 Å². The average molecular weight is 271 g/mol. The number of hydrogen-bond acceptors (Lipinski definition) is 2. The molecule has 0 fully saturated rings. The second kappa shape index (κ2) is 9.17. The van der Waals surface area contributed by atoms with Gasteiger partial charge in [0.15, 0.2) is 6.39 Å². The molecular weight excluding hydrogens is 262 g/mol. The summed E-state index contributed by atoms with van der Waals surface area (Å²) >= 11 is 6.56. The molecule has 0 aliphatic carbocycles. The third kappa shape index (κ3) is 8.17. The Kier molecular flexibility index (Phi) is 9.33. The van der Waals surface area contributed by atoms with Crippen molar-refractivity contribution in [2.75, 3.05) is 10.7 Å². The van der Waals surface area contributed by atoms with Gasteiger partial charge in [-0.1, -0.05) is 31.9 Å². The van der Waals surface area contributed by atoms with E-state index < -0.39 is 0 Å².